The van der Waals surface area contributed by atoms with Crippen molar-refractivity contribution in [3.63, 3.8) is 0 Å². The van der Waals surface area contributed by atoms with Gasteiger partial charge in [0, 0.05) is 6.08 Å². The molecule has 0 saturated heterocycles. The first-order chi connectivity index (χ1) is 8.08. The number of benzene rings is 1. The van der Waals surface area contributed by atoms with Crippen LogP contribution in [-0.2, 0) is 20.9 Å². The summed E-state index contributed by atoms with van der Waals surface area (Å²) in [4.78, 5) is 21.9. The molecule has 0 aliphatic heterocycles. The Hall–Kier alpha value is -2.10. The smallest absolute Gasteiger partial charge is 0.429 e. The molecule has 0 fully saturated rings. The fraction of sp³-hybridized carbons (Fsp3) is 0.231. The third-order valence-electron chi connectivity index (χ3n) is 1.85. The lowest BCUT2D eigenvalue weighted by Gasteiger charge is -2.05. The summed E-state index contributed by atoms with van der Waals surface area (Å²) in [6.45, 7) is 3.04. The summed E-state index contributed by atoms with van der Waals surface area (Å²) in [6, 6.07) is 9.26. The van der Waals surface area contributed by atoms with Gasteiger partial charge in [0.2, 0.25) is 0 Å². The van der Waals surface area contributed by atoms with E-state index in [4.69, 9.17) is 9.47 Å². The number of hydrogen-bond donors (Lipinski definition) is 0. The average molecular weight is 234 g/mol. The molecule has 0 spiro atoms. The summed E-state index contributed by atoms with van der Waals surface area (Å²) in [5.74, 6) is 0.0360. The van der Waals surface area contributed by atoms with E-state index in [0.29, 0.717) is 0 Å². The van der Waals surface area contributed by atoms with Gasteiger partial charge in [-0.2, -0.15) is 0 Å². The zero-order chi connectivity index (χ0) is 12.7. The van der Waals surface area contributed by atoms with Gasteiger partial charge in [-0.05, 0) is 19.4 Å². The number of allylic oxidation sites excluding steroid dienone is 2. The molecule has 0 bridgehead atoms. The van der Waals surface area contributed by atoms with Crippen molar-refractivity contribution in [3.8, 4) is 0 Å². The molecule has 17 heavy (non-hydrogen) atoms. The number of hydrogen-bond acceptors (Lipinski definition) is 4. The van der Waals surface area contributed by atoms with Gasteiger partial charge in [0.15, 0.2) is 5.78 Å². The van der Waals surface area contributed by atoms with Crippen LogP contribution in [0.25, 0.3) is 0 Å². The van der Waals surface area contributed by atoms with Crippen molar-refractivity contribution in [3.05, 3.63) is 47.7 Å². The highest BCUT2D eigenvalue weighted by Gasteiger charge is 2.05. The largest absolute Gasteiger partial charge is 0.513 e. The minimum Gasteiger partial charge on any atom is -0.429 e. The molecule has 0 aliphatic carbocycles. The molecule has 0 unspecified atom stereocenters. The van der Waals surface area contributed by atoms with Crippen LogP contribution >= 0.6 is 0 Å². The van der Waals surface area contributed by atoms with Crippen LogP contribution < -0.4 is 0 Å². The van der Waals surface area contributed by atoms with Gasteiger partial charge in [0.25, 0.3) is 0 Å². The van der Waals surface area contributed by atoms with E-state index in [1.807, 2.05) is 30.3 Å². The van der Waals surface area contributed by atoms with Crippen molar-refractivity contribution in [1.29, 1.82) is 0 Å². The van der Waals surface area contributed by atoms with Crippen LogP contribution in [0.4, 0.5) is 4.79 Å². The Morgan fingerprint density at radius 1 is 1.18 bits per heavy atom. The Morgan fingerprint density at radius 3 is 2.41 bits per heavy atom. The predicted molar refractivity (Wildman–Crippen MR) is 62.2 cm³/mol. The lowest BCUT2D eigenvalue weighted by molar-refractivity contribution is -0.112. The first-order valence-corrected chi connectivity index (χ1v) is 5.15. The second-order valence-corrected chi connectivity index (χ2v) is 3.49. The highest BCUT2D eigenvalue weighted by atomic mass is 16.7. The zero-order valence-corrected chi connectivity index (χ0v) is 9.80. The van der Waals surface area contributed by atoms with Gasteiger partial charge in [-0.3, -0.25) is 4.79 Å². The summed E-state index contributed by atoms with van der Waals surface area (Å²) in [6.07, 6.45) is 0.410. The Kier molecular flexibility index (Phi) is 4.94. The minimum absolute atomic E-state index is 0.146. The van der Waals surface area contributed by atoms with Crippen LogP contribution in [-0.4, -0.2) is 11.9 Å². The lowest BCUT2D eigenvalue weighted by atomic mass is 10.2. The van der Waals surface area contributed by atoms with E-state index in [1.165, 1.54) is 19.9 Å². The van der Waals surface area contributed by atoms with Crippen LogP contribution in [0.1, 0.15) is 19.4 Å². The molecule has 0 amide bonds. The van der Waals surface area contributed by atoms with Crippen LogP contribution in [0.3, 0.4) is 0 Å². The van der Waals surface area contributed by atoms with E-state index in [0.717, 1.165) is 5.56 Å². The van der Waals surface area contributed by atoms with Crippen LogP contribution in [0, 0.1) is 0 Å². The molecule has 0 atom stereocenters. The van der Waals surface area contributed by atoms with Gasteiger partial charge in [-0.15, -0.1) is 0 Å². The van der Waals surface area contributed by atoms with Crippen molar-refractivity contribution in [2.75, 3.05) is 0 Å². The zero-order valence-electron chi connectivity index (χ0n) is 9.80. The first-order valence-electron chi connectivity index (χ1n) is 5.15. The molecular weight excluding hydrogens is 220 g/mol. The van der Waals surface area contributed by atoms with Crippen molar-refractivity contribution < 1.29 is 19.1 Å². The molecule has 1 aromatic carbocycles. The molecule has 4 heteroatoms. The van der Waals surface area contributed by atoms with Crippen molar-refractivity contribution >= 4 is 11.9 Å². The first kappa shape index (κ1) is 13.0. The highest BCUT2D eigenvalue weighted by Crippen LogP contribution is 2.04. The maximum atomic E-state index is 11.2. The molecule has 4 nitrogen and oxygen atoms in total. The van der Waals surface area contributed by atoms with Crippen molar-refractivity contribution in [2.24, 2.45) is 0 Å². The minimum atomic E-state index is -0.816. The summed E-state index contributed by atoms with van der Waals surface area (Å²) in [7, 11) is 0. The number of ketones is 1. The molecule has 0 saturated carbocycles. The van der Waals surface area contributed by atoms with E-state index in [1.54, 1.807) is 0 Å². The van der Waals surface area contributed by atoms with Gasteiger partial charge >= 0.3 is 6.16 Å². The van der Waals surface area contributed by atoms with Crippen molar-refractivity contribution in [1.82, 2.24) is 0 Å². The molecule has 0 aliphatic rings. The summed E-state index contributed by atoms with van der Waals surface area (Å²) in [5.41, 5.74) is 0.873. The monoisotopic (exact) mass is 234 g/mol. The summed E-state index contributed by atoms with van der Waals surface area (Å²) < 4.78 is 9.63. The SMILES string of the molecule is CC(=O)C=C(C)OC(=O)OCc1ccccc1. The van der Waals surface area contributed by atoms with Crippen LogP contribution in [0.5, 0.6) is 0 Å². The van der Waals surface area contributed by atoms with Gasteiger partial charge in [-0.25, -0.2) is 4.79 Å². The predicted octanol–water partition coefficient (Wildman–Crippen LogP) is 2.83. The molecule has 0 aromatic heterocycles. The second-order valence-electron chi connectivity index (χ2n) is 3.49. The van der Waals surface area contributed by atoms with Crippen molar-refractivity contribution in [2.45, 2.75) is 20.5 Å². The number of carbonyl (C=O) groups is 2. The highest BCUT2D eigenvalue weighted by molar-refractivity contribution is 5.87. The quantitative estimate of drug-likeness (QED) is 0.456. The second kappa shape index (κ2) is 6.48. The Bertz CT molecular complexity index is 420. The fourth-order valence-corrected chi connectivity index (χ4v) is 1.19. The summed E-state index contributed by atoms with van der Waals surface area (Å²) in [5, 5.41) is 0. The third-order valence-corrected chi connectivity index (χ3v) is 1.85. The molecule has 0 N–H and O–H groups in total. The van der Waals surface area contributed by atoms with Gasteiger partial charge < -0.3 is 9.47 Å². The average Bonchev–Trinajstić information content (AvgIpc) is 2.26. The fourth-order valence-electron chi connectivity index (χ4n) is 1.19. The Morgan fingerprint density at radius 2 is 1.82 bits per heavy atom. The summed E-state index contributed by atoms with van der Waals surface area (Å²) >= 11 is 0. The van der Waals surface area contributed by atoms with Crippen LogP contribution in [0.2, 0.25) is 0 Å². The molecule has 90 valence electrons. The number of rotatable bonds is 4. The Balaban J connectivity index is 2.38. The maximum absolute atomic E-state index is 11.2. The van der Waals surface area contributed by atoms with E-state index in [-0.39, 0.29) is 18.1 Å². The van der Waals surface area contributed by atoms with E-state index < -0.39 is 6.16 Å². The third kappa shape index (κ3) is 5.51. The normalized spacial score (nSPS) is 10.8. The standard InChI is InChI=1S/C13H14O4/c1-10(14)8-11(2)17-13(15)16-9-12-6-4-3-5-7-12/h3-8H,9H2,1-2H3. The lowest BCUT2D eigenvalue weighted by Crippen LogP contribution is -2.06. The van der Waals surface area contributed by atoms with Gasteiger partial charge in [0.05, 0.1) is 0 Å². The maximum Gasteiger partial charge on any atom is 0.513 e. The number of ether oxygens (including phenoxy) is 2. The molecule has 1 aromatic rings. The van der Waals surface area contributed by atoms with Gasteiger partial charge in [0.1, 0.15) is 12.4 Å². The molecular formula is C13H14O4. The topological polar surface area (TPSA) is 52.6 Å². The molecule has 0 radical (unpaired) electrons. The van der Waals surface area contributed by atoms with Crippen LogP contribution in [0.15, 0.2) is 42.2 Å². The Labute approximate surface area is 99.8 Å². The van der Waals surface area contributed by atoms with E-state index in [9.17, 15) is 9.59 Å². The molecule has 1 rings (SSSR count). The van der Waals surface area contributed by atoms with E-state index >= 15 is 0 Å². The number of carbonyl (C=O) groups excluding carboxylic acids is 2. The van der Waals surface area contributed by atoms with E-state index in [2.05, 4.69) is 0 Å². The van der Waals surface area contributed by atoms with Gasteiger partial charge in [-0.1, -0.05) is 30.3 Å². The molecule has 0 heterocycles.